The lowest BCUT2D eigenvalue weighted by Crippen LogP contribution is -2.31. The predicted molar refractivity (Wildman–Crippen MR) is 66.5 cm³/mol. The zero-order valence-corrected chi connectivity index (χ0v) is 10.9. The summed E-state index contributed by atoms with van der Waals surface area (Å²) in [5, 5.41) is 4.30. The van der Waals surface area contributed by atoms with Crippen molar-refractivity contribution in [2.45, 2.75) is 31.7 Å². The maximum atomic E-state index is 11.5. The number of nitrogens with zero attached hydrogens (tertiary/aromatic N) is 2. The van der Waals surface area contributed by atoms with Crippen molar-refractivity contribution in [3.63, 3.8) is 0 Å². The molecule has 2 N–H and O–H groups in total. The molecular formula is C11H19N3O2S. The van der Waals surface area contributed by atoms with Gasteiger partial charge in [-0.15, -0.1) is 0 Å². The highest BCUT2D eigenvalue weighted by molar-refractivity contribution is 7.91. The van der Waals surface area contributed by atoms with Gasteiger partial charge < -0.3 is 5.73 Å². The number of aromatic nitrogens is 2. The third-order valence-corrected chi connectivity index (χ3v) is 5.23. The first-order chi connectivity index (χ1) is 7.95. The standard InChI is InChI=1S/C11H19N3O2S/c1-11(4-6-17(15,16)9-11)14-8-10(7-13-14)3-2-5-12/h7-8H,2-6,9,12H2,1H3. The van der Waals surface area contributed by atoms with E-state index in [1.165, 1.54) is 0 Å². The van der Waals surface area contributed by atoms with Crippen LogP contribution in [0.4, 0.5) is 0 Å². The van der Waals surface area contributed by atoms with Gasteiger partial charge in [-0.1, -0.05) is 0 Å². The fourth-order valence-electron chi connectivity index (χ4n) is 2.26. The van der Waals surface area contributed by atoms with Crippen molar-refractivity contribution in [1.82, 2.24) is 9.78 Å². The van der Waals surface area contributed by atoms with Crippen LogP contribution < -0.4 is 5.73 Å². The molecule has 0 bridgehead atoms. The second-order valence-corrected chi connectivity index (χ2v) is 7.21. The number of sulfone groups is 1. The van der Waals surface area contributed by atoms with Crippen LogP contribution in [-0.2, 0) is 21.8 Å². The summed E-state index contributed by atoms with van der Waals surface area (Å²) in [4.78, 5) is 0. The molecule has 1 aliphatic rings. The van der Waals surface area contributed by atoms with Crippen LogP contribution >= 0.6 is 0 Å². The summed E-state index contributed by atoms with van der Waals surface area (Å²) >= 11 is 0. The molecule has 6 heteroatoms. The molecule has 1 atom stereocenters. The average molecular weight is 257 g/mol. The van der Waals surface area contributed by atoms with Crippen LogP contribution in [0.2, 0.25) is 0 Å². The number of rotatable bonds is 4. The Morgan fingerprint density at radius 3 is 2.94 bits per heavy atom. The minimum absolute atomic E-state index is 0.192. The molecule has 0 spiro atoms. The molecule has 1 aromatic rings. The summed E-state index contributed by atoms with van der Waals surface area (Å²) in [6.07, 6.45) is 6.25. The van der Waals surface area contributed by atoms with E-state index < -0.39 is 9.84 Å². The predicted octanol–water partition coefficient (Wildman–Crippen LogP) is 0.308. The van der Waals surface area contributed by atoms with Crippen molar-refractivity contribution < 1.29 is 8.42 Å². The highest BCUT2D eigenvalue weighted by atomic mass is 32.2. The molecule has 17 heavy (non-hydrogen) atoms. The van der Waals surface area contributed by atoms with Gasteiger partial charge in [0.1, 0.15) is 0 Å². The molecule has 1 aromatic heterocycles. The maximum absolute atomic E-state index is 11.5. The lowest BCUT2D eigenvalue weighted by atomic mass is 10.0. The number of aryl methyl sites for hydroxylation is 1. The fraction of sp³-hybridized carbons (Fsp3) is 0.727. The molecule has 0 amide bonds. The van der Waals surface area contributed by atoms with Crippen molar-refractivity contribution in [3.05, 3.63) is 18.0 Å². The van der Waals surface area contributed by atoms with Gasteiger partial charge in [-0.25, -0.2) is 8.42 Å². The topological polar surface area (TPSA) is 78.0 Å². The largest absolute Gasteiger partial charge is 0.330 e. The Morgan fingerprint density at radius 2 is 2.35 bits per heavy atom. The SMILES string of the molecule is CC1(n2cc(CCCN)cn2)CCS(=O)(=O)C1. The average Bonchev–Trinajstić information content (AvgIpc) is 2.81. The maximum Gasteiger partial charge on any atom is 0.152 e. The molecule has 1 fully saturated rings. The smallest absolute Gasteiger partial charge is 0.152 e. The second kappa shape index (κ2) is 4.42. The van der Waals surface area contributed by atoms with E-state index in [1.54, 1.807) is 0 Å². The first-order valence-electron chi connectivity index (χ1n) is 5.90. The summed E-state index contributed by atoms with van der Waals surface area (Å²) < 4.78 is 24.9. The Bertz CT molecular complexity index is 495. The number of nitrogens with two attached hydrogens (primary N) is 1. The Labute approximate surface area is 102 Å². The van der Waals surface area contributed by atoms with Crippen molar-refractivity contribution in [1.29, 1.82) is 0 Å². The third kappa shape index (κ3) is 2.69. The van der Waals surface area contributed by atoms with Gasteiger partial charge in [-0.3, -0.25) is 4.68 Å². The molecule has 2 rings (SSSR count). The number of hydrogen-bond donors (Lipinski definition) is 1. The van der Waals surface area contributed by atoms with Gasteiger partial charge in [-0.05, 0) is 38.3 Å². The van der Waals surface area contributed by atoms with Crippen molar-refractivity contribution in [2.24, 2.45) is 5.73 Å². The first kappa shape index (κ1) is 12.6. The van der Waals surface area contributed by atoms with Gasteiger partial charge in [0.05, 0.1) is 23.2 Å². The molecule has 5 nitrogen and oxygen atoms in total. The van der Waals surface area contributed by atoms with Crippen LogP contribution in [0.15, 0.2) is 12.4 Å². The van der Waals surface area contributed by atoms with Crippen LogP contribution in [-0.4, -0.2) is 36.2 Å². The van der Waals surface area contributed by atoms with E-state index in [0.717, 1.165) is 18.4 Å². The van der Waals surface area contributed by atoms with Crippen molar-refractivity contribution in [2.75, 3.05) is 18.1 Å². The summed E-state index contributed by atoms with van der Waals surface area (Å²) in [6, 6.07) is 0. The minimum atomic E-state index is -2.89. The molecule has 1 aliphatic heterocycles. The van der Waals surface area contributed by atoms with Gasteiger partial charge in [0.25, 0.3) is 0 Å². The van der Waals surface area contributed by atoms with Crippen LogP contribution in [0.5, 0.6) is 0 Å². The van der Waals surface area contributed by atoms with E-state index in [4.69, 9.17) is 5.73 Å². The first-order valence-corrected chi connectivity index (χ1v) is 7.72. The molecule has 0 saturated carbocycles. The molecular weight excluding hydrogens is 238 g/mol. The summed E-state index contributed by atoms with van der Waals surface area (Å²) in [7, 11) is -2.89. The van der Waals surface area contributed by atoms with E-state index in [0.29, 0.717) is 13.0 Å². The van der Waals surface area contributed by atoms with Crippen molar-refractivity contribution in [3.8, 4) is 0 Å². The Morgan fingerprint density at radius 1 is 1.59 bits per heavy atom. The highest BCUT2D eigenvalue weighted by Crippen LogP contribution is 2.30. The van der Waals surface area contributed by atoms with Crippen LogP contribution in [0.25, 0.3) is 0 Å². The Balaban J connectivity index is 2.15. The minimum Gasteiger partial charge on any atom is -0.330 e. The Hall–Kier alpha value is -0.880. The van der Waals surface area contributed by atoms with Crippen molar-refractivity contribution >= 4 is 9.84 Å². The van der Waals surface area contributed by atoms with Gasteiger partial charge >= 0.3 is 0 Å². The zero-order valence-electron chi connectivity index (χ0n) is 10.1. The normalized spacial score (nSPS) is 27.4. The summed E-state index contributed by atoms with van der Waals surface area (Å²) in [6.45, 7) is 2.62. The van der Waals surface area contributed by atoms with Gasteiger partial charge in [0.15, 0.2) is 9.84 Å². The lowest BCUT2D eigenvalue weighted by molar-refractivity contribution is 0.328. The molecule has 0 aliphatic carbocycles. The van der Waals surface area contributed by atoms with Gasteiger partial charge in [0.2, 0.25) is 0 Å². The molecule has 0 radical (unpaired) electrons. The molecule has 1 unspecified atom stereocenters. The lowest BCUT2D eigenvalue weighted by Gasteiger charge is -2.22. The quantitative estimate of drug-likeness (QED) is 0.842. The van der Waals surface area contributed by atoms with Gasteiger partial charge in [-0.2, -0.15) is 5.10 Å². The highest BCUT2D eigenvalue weighted by Gasteiger charge is 2.40. The van der Waals surface area contributed by atoms with E-state index in [-0.39, 0.29) is 17.0 Å². The third-order valence-electron chi connectivity index (χ3n) is 3.34. The number of hydrogen-bond acceptors (Lipinski definition) is 4. The summed E-state index contributed by atoms with van der Waals surface area (Å²) in [5.74, 6) is 0.458. The Kier molecular flexibility index (Phi) is 3.27. The van der Waals surface area contributed by atoms with E-state index >= 15 is 0 Å². The second-order valence-electron chi connectivity index (χ2n) is 5.02. The van der Waals surface area contributed by atoms with E-state index in [2.05, 4.69) is 5.10 Å². The monoisotopic (exact) mass is 257 g/mol. The van der Waals surface area contributed by atoms with Crippen LogP contribution in [0.1, 0.15) is 25.3 Å². The molecule has 1 saturated heterocycles. The zero-order chi connectivity index (χ0) is 12.5. The van der Waals surface area contributed by atoms with Gasteiger partial charge in [0, 0.05) is 6.20 Å². The molecule has 96 valence electrons. The molecule has 2 heterocycles. The summed E-state index contributed by atoms with van der Waals surface area (Å²) in [5.41, 5.74) is 6.21. The van der Waals surface area contributed by atoms with Crippen LogP contribution in [0, 0.1) is 0 Å². The molecule has 0 aromatic carbocycles. The fourth-order valence-corrected chi connectivity index (χ4v) is 4.38. The van der Waals surface area contributed by atoms with Crippen LogP contribution in [0.3, 0.4) is 0 Å². The van der Waals surface area contributed by atoms with E-state index in [1.807, 2.05) is 24.0 Å². The van der Waals surface area contributed by atoms with E-state index in [9.17, 15) is 8.42 Å².